The largest absolute Gasteiger partial charge is 0.425 e. The molecule has 0 aliphatic heterocycles. The van der Waals surface area contributed by atoms with Crippen LogP contribution in [0.1, 0.15) is 12.5 Å². The van der Waals surface area contributed by atoms with Gasteiger partial charge in [0.15, 0.2) is 0 Å². The minimum absolute atomic E-state index is 0.278. The van der Waals surface area contributed by atoms with Crippen LogP contribution >= 0.6 is 0 Å². The van der Waals surface area contributed by atoms with Crippen LogP contribution in [-0.4, -0.2) is 5.97 Å². The number of allylic oxidation sites excluding steroid dienone is 1. The molecule has 0 spiro atoms. The highest BCUT2D eigenvalue weighted by Gasteiger charge is 2.04. The smallest absolute Gasteiger partial charge is 0.308 e. The van der Waals surface area contributed by atoms with Crippen LogP contribution in [0.5, 0.6) is 0 Å². The lowest BCUT2D eigenvalue weighted by atomic mass is 10.2. The van der Waals surface area contributed by atoms with Gasteiger partial charge in [-0.25, -0.2) is 0 Å². The average molecular weight is 187 g/mol. The molecule has 0 saturated heterocycles. The first-order valence-electron chi connectivity index (χ1n) is 4.07. The molecule has 0 atom stereocenters. The molecule has 0 N–H and O–H groups in total. The molecule has 1 aromatic rings. The summed E-state index contributed by atoms with van der Waals surface area (Å²) in [4.78, 5) is 10.7. The number of benzene rings is 1. The van der Waals surface area contributed by atoms with Crippen LogP contribution in [0.4, 0.5) is 0 Å². The van der Waals surface area contributed by atoms with Crippen molar-refractivity contribution in [2.75, 3.05) is 0 Å². The summed E-state index contributed by atoms with van der Waals surface area (Å²) in [6, 6.07) is 10.8. The molecule has 0 aliphatic rings. The first-order valence-corrected chi connectivity index (χ1v) is 4.07. The zero-order valence-corrected chi connectivity index (χ0v) is 7.73. The minimum atomic E-state index is -0.435. The van der Waals surface area contributed by atoms with E-state index >= 15 is 0 Å². The third kappa shape index (κ3) is 2.76. The molecule has 70 valence electrons. The van der Waals surface area contributed by atoms with E-state index in [4.69, 9.17) is 10.00 Å². The van der Waals surface area contributed by atoms with Crippen LogP contribution < -0.4 is 0 Å². The SMILES string of the molecule is CC(=O)O/C(=C\C#N)c1ccccc1. The lowest BCUT2D eigenvalue weighted by Gasteiger charge is -2.04. The monoisotopic (exact) mass is 187 g/mol. The van der Waals surface area contributed by atoms with Gasteiger partial charge in [-0.05, 0) is 0 Å². The highest BCUT2D eigenvalue weighted by atomic mass is 16.5. The van der Waals surface area contributed by atoms with Gasteiger partial charge in [-0.15, -0.1) is 0 Å². The molecule has 0 saturated carbocycles. The molecule has 1 aromatic carbocycles. The van der Waals surface area contributed by atoms with Gasteiger partial charge < -0.3 is 4.74 Å². The van der Waals surface area contributed by atoms with E-state index in [2.05, 4.69) is 0 Å². The number of carbonyl (C=O) groups excluding carboxylic acids is 1. The number of hydrogen-bond acceptors (Lipinski definition) is 3. The Labute approximate surface area is 82.2 Å². The maximum absolute atomic E-state index is 10.7. The highest BCUT2D eigenvalue weighted by Crippen LogP contribution is 2.14. The van der Waals surface area contributed by atoms with Gasteiger partial charge in [0.1, 0.15) is 5.76 Å². The Kier molecular flexibility index (Phi) is 3.45. The predicted octanol–water partition coefficient (Wildman–Crippen LogP) is 2.11. The molecule has 0 heterocycles. The van der Waals surface area contributed by atoms with Crippen LogP contribution in [0, 0.1) is 11.3 Å². The Hall–Kier alpha value is -2.08. The highest BCUT2D eigenvalue weighted by molar-refractivity contribution is 5.76. The number of ether oxygens (including phenoxy) is 1. The topological polar surface area (TPSA) is 50.1 Å². The van der Waals surface area contributed by atoms with Gasteiger partial charge in [0.2, 0.25) is 0 Å². The third-order valence-corrected chi connectivity index (χ3v) is 1.51. The normalized spacial score (nSPS) is 10.4. The van der Waals surface area contributed by atoms with Gasteiger partial charge in [-0.2, -0.15) is 5.26 Å². The van der Waals surface area contributed by atoms with Crippen LogP contribution in [0.3, 0.4) is 0 Å². The lowest BCUT2D eigenvalue weighted by Crippen LogP contribution is -1.97. The van der Waals surface area contributed by atoms with Crippen LogP contribution in [0.2, 0.25) is 0 Å². The molecule has 0 unspecified atom stereocenters. The molecule has 14 heavy (non-hydrogen) atoms. The maximum Gasteiger partial charge on any atom is 0.308 e. The zero-order valence-electron chi connectivity index (χ0n) is 7.73. The molecule has 0 radical (unpaired) electrons. The van der Waals surface area contributed by atoms with Crippen molar-refractivity contribution in [3.63, 3.8) is 0 Å². The van der Waals surface area contributed by atoms with Crippen molar-refractivity contribution in [1.29, 1.82) is 5.26 Å². The van der Waals surface area contributed by atoms with Gasteiger partial charge >= 0.3 is 5.97 Å². The minimum Gasteiger partial charge on any atom is -0.425 e. The van der Waals surface area contributed by atoms with Crippen molar-refractivity contribution in [3.05, 3.63) is 42.0 Å². The second-order valence-corrected chi connectivity index (χ2v) is 2.60. The van der Waals surface area contributed by atoms with E-state index in [1.54, 1.807) is 12.1 Å². The van der Waals surface area contributed by atoms with Crippen molar-refractivity contribution in [2.45, 2.75) is 6.92 Å². The van der Waals surface area contributed by atoms with E-state index in [0.29, 0.717) is 5.56 Å². The molecule has 3 heteroatoms. The molecule has 1 rings (SSSR count). The second-order valence-electron chi connectivity index (χ2n) is 2.60. The number of hydrogen-bond donors (Lipinski definition) is 0. The van der Waals surface area contributed by atoms with E-state index in [1.807, 2.05) is 24.3 Å². The summed E-state index contributed by atoms with van der Waals surface area (Å²) in [7, 11) is 0. The first kappa shape index (κ1) is 10.0. The second kappa shape index (κ2) is 4.83. The number of esters is 1. The Morgan fingerprint density at radius 3 is 2.57 bits per heavy atom. The quantitative estimate of drug-likeness (QED) is 0.404. The van der Waals surface area contributed by atoms with Crippen molar-refractivity contribution < 1.29 is 9.53 Å². The van der Waals surface area contributed by atoms with Crippen molar-refractivity contribution in [1.82, 2.24) is 0 Å². The predicted molar refractivity (Wildman–Crippen MR) is 51.8 cm³/mol. The van der Waals surface area contributed by atoms with Crippen molar-refractivity contribution in [3.8, 4) is 6.07 Å². The molecule has 0 aliphatic carbocycles. The fraction of sp³-hybridized carbons (Fsp3) is 0.0909. The summed E-state index contributed by atoms with van der Waals surface area (Å²) in [6.45, 7) is 1.30. The molecule has 0 amide bonds. The molecule has 0 bridgehead atoms. The summed E-state index contributed by atoms with van der Waals surface area (Å²) < 4.78 is 4.88. The van der Waals surface area contributed by atoms with Gasteiger partial charge in [-0.1, -0.05) is 30.3 Å². The van der Waals surface area contributed by atoms with Gasteiger partial charge in [0.05, 0.1) is 12.1 Å². The molecular formula is C11H9NO2. The van der Waals surface area contributed by atoms with Gasteiger partial charge in [-0.3, -0.25) is 4.79 Å². The van der Waals surface area contributed by atoms with E-state index in [9.17, 15) is 4.79 Å². The fourth-order valence-corrected chi connectivity index (χ4v) is 0.988. The summed E-state index contributed by atoms with van der Waals surface area (Å²) in [5, 5.41) is 8.49. The number of carbonyl (C=O) groups is 1. The summed E-state index contributed by atoms with van der Waals surface area (Å²) in [6.07, 6.45) is 1.21. The molecular weight excluding hydrogens is 178 g/mol. The molecule has 0 aromatic heterocycles. The van der Waals surface area contributed by atoms with Crippen molar-refractivity contribution >= 4 is 11.7 Å². The average Bonchev–Trinajstić information content (AvgIpc) is 2.18. The van der Waals surface area contributed by atoms with Crippen LogP contribution in [0.15, 0.2) is 36.4 Å². The Balaban J connectivity index is 2.97. The Morgan fingerprint density at radius 1 is 1.43 bits per heavy atom. The lowest BCUT2D eigenvalue weighted by molar-refractivity contribution is -0.134. The van der Waals surface area contributed by atoms with Crippen molar-refractivity contribution in [2.24, 2.45) is 0 Å². The number of rotatable bonds is 2. The van der Waals surface area contributed by atoms with Gasteiger partial charge in [0.25, 0.3) is 0 Å². The van der Waals surface area contributed by atoms with E-state index in [1.165, 1.54) is 13.0 Å². The Morgan fingerprint density at radius 2 is 2.07 bits per heavy atom. The summed E-state index contributed by atoms with van der Waals surface area (Å²) in [5.41, 5.74) is 0.712. The number of nitrogens with zero attached hydrogens (tertiary/aromatic N) is 1. The van der Waals surface area contributed by atoms with E-state index in [0.717, 1.165) is 0 Å². The summed E-state index contributed by atoms with van der Waals surface area (Å²) in [5.74, 6) is -0.157. The molecule has 3 nitrogen and oxygen atoms in total. The Bertz CT molecular complexity index is 387. The van der Waals surface area contributed by atoms with Crippen LogP contribution in [-0.2, 0) is 9.53 Å². The van der Waals surface area contributed by atoms with Gasteiger partial charge in [0, 0.05) is 12.5 Å². The zero-order chi connectivity index (χ0) is 10.4. The fourth-order valence-electron chi connectivity index (χ4n) is 0.988. The van der Waals surface area contributed by atoms with Crippen LogP contribution in [0.25, 0.3) is 5.76 Å². The number of nitriles is 1. The first-order chi connectivity index (χ1) is 6.74. The van der Waals surface area contributed by atoms with E-state index in [-0.39, 0.29) is 5.76 Å². The molecule has 0 fully saturated rings. The summed E-state index contributed by atoms with van der Waals surface area (Å²) >= 11 is 0. The maximum atomic E-state index is 10.7. The van der Waals surface area contributed by atoms with E-state index < -0.39 is 5.97 Å². The third-order valence-electron chi connectivity index (χ3n) is 1.51. The standard InChI is InChI=1S/C11H9NO2/c1-9(13)14-11(7-8-12)10-5-3-2-4-6-10/h2-7H,1H3/b11-7-.